The largest absolute Gasteiger partial charge is 0.383 e. The number of rotatable bonds is 19. The molecule has 0 saturated carbocycles. The summed E-state index contributed by atoms with van der Waals surface area (Å²) in [5.41, 5.74) is 5.34. The fourth-order valence-electron chi connectivity index (χ4n) is 5.85. The predicted octanol–water partition coefficient (Wildman–Crippen LogP) is 4.90. The number of likely N-dealkylation sites (N-methyl/N-ethyl adjacent to an activating group) is 2. The summed E-state index contributed by atoms with van der Waals surface area (Å²) in [7, 11) is 5.95. The minimum absolute atomic E-state index is 0.151. The second-order valence-corrected chi connectivity index (χ2v) is 12.3. The van der Waals surface area contributed by atoms with Gasteiger partial charge in [-0.1, -0.05) is 18.8 Å². The van der Waals surface area contributed by atoms with Gasteiger partial charge in [-0.05, 0) is 104 Å². The van der Waals surface area contributed by atoms with Crippen LogP contribution >= 0.6 is 0 Å². The number of hydrogen-bond donors (Lipinski definition) is 2. The van der Waals surface area contributed by atoms with E-state index >= 15 is 0 Å². The second kappa shape index (κ2) is 20.2. The lowest BCUT2D eigenvalue weighted by molar-refractivity contribution is 0.0950. The average molecular weight is 638 g/mol. The van der Waals surface area contributed by atoms with Crippen molar-refractivity contribution in [2.45, 2.75) is 86.4 Å². The zero-order chi connectivity index (χ0) is 34.2. The molecule has 9 heteroatoms. The summed E-state index contributed by atoms with van der Waals surface area (Å²) in [5.74, 6) is 6.40. The van der Waals surface area contributed by atoms with Crippen molar-refractivity contribution in [1.82, 2.24) is 20.1 Å². The summed E-state index contributed by atoms with van der Waals surface area (Å²) in [6.07, 6.45) is 3.16. The molecule has 2 rings (SSSR count). The van der Waals surface area contributed by atoms with Gasteiger partial charge in [0.2, 0.25) is 0 Å². The zero-order valence-electron chi connectivity index (χ0n) is 30.1. The Bertz CT molecular complexity index is 1360. The molecule has 0 unspecified atom stereocenters. The van der Waals surface area contributed by atoms with Crippen molar-refractivity contribution in [2.24, 2.45) is 0 Å². The third kappa shape index (κ3) is 11.9. The molecular weight excluding hydrogens is 578 g/mol. The maximum atomic E-state index is 13.7. The number of aromatic nitrogens is 1. The minimum atomic E-state index is -0.217. The predicted molar refractivity (Wildman–Crippen MR) is 190 cm³/mol. The first-order chi connectivity index (χ1) is 22.0. The van der Waals surface area contributed by atoms with Crippen LogP contribution in [0.2, 0.25) is 0 Å². The number of ether oxygens (including phenoxy) is 2. The molecule has 0 radical (unpaired) electrons. The molecule has 0 aliphatic carbocycles. The Morgan fingerprint density at radius 2 is 1.78 bits per heavy atom. The van der Waals surface area contributed by atoms with Gasteiger partial charge in [-0.15, -0.1) is 0 Å². The maximum Gasteiger partial charge on any atom is 0.253 e. The minimum Gasteiger partial charge on any atom is -0.383 e. The highest BCUT2D eigenvalue weighted by molar-refractivity contribution is 5.97. The molecule has 2 atom stereocenters. The molecule has 0 aliphatic rings. The Labute approximate surface area is 278 Å². The van der Waals surface area contributed by atoms with Crippen LogP contribution in [0.1, 0.15) is 85.3 Å². The number of nitrogens with one attached hydrogen (secondary N) is 2. The SMILES string of the molecule is CCOCCN(C)CC#Cc1cc(C(=O)NCc2c(C)cc(C)[nH]c2=O)c(C)c(N(CC)[C@@H](C)CC[C@H](CC)N(C)CCOC)c1. The van der Waals surface area contributed by atoms with Crippen molar-refractivity contribution >= 4 is 11.6 Å². The Kier molecular flexibility index (Phi) is 17.1. The summed E-state index contributed by atoms with van der Waals surface area (Å²) in [4.78, 5) is 36.1. The molecular formula is C37H59N5O4. The molecule has 1 aromatic heterocycles. The monoisotopic (exact) mass is 637 g/mol. The van der Waals surface area contributed by atoms with Crippen LogP contribution in [0, 0.1) is 32.6 Å². The third-order valence-electron chi connectivity index (χ3n) is 8.79. The van der Waals surface area contributed by atoms with Gasteiger partial charge in [-0.25, -0.2) is 0 Å². The normalized spacial score (nSPS) is 12.6. The summed E-state index contributed by atoms with van der Waals surface area (Å²) in [6.45, 7) is 19.8. The Morgan fingerprint density at radius 1 is 1.04 bits per heavy atom. The lowest BCUT2D eigenvalue weighted by atomic mass is 9.98. The number of benzene rings is 1. The average Bonchev–Trinajstić information content (AvgIpc) is 3.01. The van der Waals surface area contributed by atoms with E-state index in [1.165, 1.54) is 0 Å². The van der Waals surface area contributed by atoms with E-state index in [1.807, 2.05) is 46.9 Å². The van der Waals surface area contributed by atoms with Crippen LogP contribution < -0.4 is 15.8 Å². The summed E-state index contributed by atoms with van der Waals surface area (Å²) in [6, 6.07) is 6.66. The van der Waals surface area contributed by atoms with Crippen LogP contribution in [0.3, 0.4) is 0 Å². The highest BCUT2D eigenvalue weighted by Crippen LogP contribution is 2.29. The number of methoxy groups -OCH3 is 1. The molecule has 0 aliphatic heterocycles. The van der Waals surface area contributed by atoms with Crippen molar-refractivity contribution in [3.8, 4) is 11.8 Å². The Morgan fingerprint density at radius 3 is 2.41 bits per heavy atom. The molecule has 2 N–H and O–H groups in total. The smallest absolute Gasteiger partial charge is 0.253 e. The second-order valence-electron chi connectivity index (χ2n) is 12.3. The van der Waals surface area contributed by atoms with E-state index < -0.39 is 0 Å². The number of aryl methyl sites for hydroxylation is 2. The summed E-state index contributed by atoms with van der Waals surface area (Å²) in [5, 5.41) is 3.01. The fourth-order valence-corrected chi connectivity index (χ4v) is 5.85. The van der Waals surface area contributed by atoms with Gasteiger partial charge in [0.15, 0.2) is 0 Å². The van der Waals surface area contributed by atoms with E-state index in [9.17, 15) is 9.59 Å². The summed E-state index contributed by atoms with van der Waals surface area (Å²) < 4.78 is 10.8. The molecule has 1 aromatic carbocycles. The Hall–Kier alpha value is -3.16. The number of nitrogens with zero attached hydrogens (tertiary/aromatic N) is 3. The first-order valence-electron chi connectivity index (χ1n) is 16.8. The van der Waals surface area contributed by atoms with Gasteiger partial charge >= 0.3 is 0 Å². The van der Waals surface area contributed by atoms with Gasteiger partial charge < -0.3 is 29.6 Å². The summed E-state index contributed by atoms with van der Waals surface area (Å²) >= 11 is 0. The number of anilines is 1. The van der Waals surface area contributed by atoms with Crippen LogP contribution in [0.25, 0.3) is 0 Å². The van der Waals surface area contributed by atoms with Gasteiger partial charge in [0.05, 0.1) is 19.8 Å². The van der Waals surface area contributed by atoms with Crippen LogP contribution in [0.4, 0.5) is 5.69 Å². The number of amides is 1. The van der Waals surface area contributed by atoms with Crippen molar-refractivity contribution in [3.63, 3.8) is 0 Å². The van der Waals surface area contributed by atoms with E-state index in [-0.39, 0.29) is 24.1 Å². The fraction of sp³-hybridized carbons (Fsp3) is 0.622. The molecule has 0 fully saturated rings. The third-order valence-corrected chi connectivity index (χ3v) is 8.79. The van der Waals surface area contributed by atoms with Crippen LogP contribution in [0.15, 0.2) is 23.0 Å². The van der Waals surface area contributed by atoms with E-state index in [2.05, 4.69) is 70.7 Å². The molecule has 9 nitrogen and oxygen atoms in total. The van der Waals surface area contributed by atoms with Gasteiger partial charge in [-0.2, -0.15) is 0 Å². The van der Waals surface area contributed by atoms with Crippen LogP contribution in [-0.4, -0.2) is 100.0 Å². The molecule has 2 aromatic rings. The molecule has 46 heavy (non-hydrogen) atoms. The number of H-pyrrole nitrogens is 1. The van der Waals surface area contributed by atoms with E-state index in [0.717, 1.165) is 73.6 Å². The van der Waals surface area contributed by atoms with E-state index in [4.69, 9.17) is 9.47 Å². The molecule has 0 saturated heterocycles. The molecule has 0 spiro atoms. The van der Waals surface area contributed by atoms with Crippen molar-refractivity contribution < 1.29 is 14.3 Å². The maximum absolute atomic E-state index is 13.7. The molecule has 1 amide bonds. The number of carbonyl (C=O) groups is 1. The van der Waals surface area contributed by atoms with Gasteiger partial charge in [0.1, 0.15) is 0 Å². The number of hydrogen-bond acceptors (Lipinski definition) is 7. The molecule has 1 heterocycles. The van der Waals surface area contributed by atoms with E-state index in [0.29, 0.717) is 36.9 Å². The highest BCUT2D eigenvalue weighted by atomic mass is 16.5. The van der Waals surface area contributed by atoms with E-state index in [1.54, 1.807) is 7.11 Å². The van der Waals surface area contributed by atoms with Crippen LogP contribution in [-0.2, 0) is 16.0 Å². The van der Waals surface area contributed by atoms with Gasteiger partial charge in [0.25, 0.3) is 11.5 Å². The van der Waals surface area contributed by atoms with Gasteiger partial charge in [0, 0.05) is 80.1 Å². The van der Waals surface area contributed by atoms with Crippen molar-refractivity contribution in [3.05, 3.63) is 62.1 Å². The van der Waals surface area contributed by atoms with Crippen LogP contribution in [0.5, 0.6) is 0 Å². The quantitative estimate of drug-likeness (QED) is 0.167. The van der Waals surface area contributed by atoms with Crippen molar-refractivity contribution in [2.75, 3.05) is 72.1 Å². The lowest BCUT2D eigenvalue weighted by Crippen LogP contribution is -2.38. The molecule has 256 valence electrons. The lowest BCUT2D eigenvalue weighted by Gasteiger charge is -2.34. The highest BCUT2D eigenvalue weighted by Gasteiger charge is 2.22. The standard InChI is InChI=1S/C37H59N5O4/c1-11-32(41(9)20-21-45-10)17-16-29(6)42(12-2)35-25-31(15-14-18-40(8)19-22-46-13-3)24-33(30(35)7)36(43)38-26-34-27(4)23-28(5)39-37(34)44/h23-25,29,32H,11-13,16-22,26H2,1-10H3,(H,38,43)(H,39,44)/t29-,32-/m0/s1. The molecule has 0 bridgehead atoms. The first kappa shape index (κ1) is 39.0. The number of pyridine rings is 1. The number of aromatic amines is 1. The van der Waals surface area contributed by atoms with Gasteiger partial charge in [-0.3, -0.25) is 14.5 Å². The number of carbonyl (C=O) groups excluding carboxylic acids is 1. The Balaban J connectivity index is 2.40. The first-order valence-corrected chi connectivity index (χ1v) is 16.8. The van der Waals surface area contributed by atoms with Crippen molar-refractivity contribution in [1.29, 1.82) is 0 Å². The zero-order valence-corrected chi connectivity index (χ0v) is 30.1. The topological polar surface area (TPSA) is 90.1 Å².